The van der Waals surface area contributed by atoms with Crippen LogP contribution in [0.15, 0.2) is 16.6 Å². The Bertz CT molecular complexity index is 371. The topological polar surface area (TPSA) is 38.3 Å². The first-order valence-corrected chi connectivity index (χ1v) is 4.64. The van der Waals surface area contributed by atoms with E-state index in [-0.39, 0.29) is 27.4 Å². The van der Waals surface area contributed by atoms with E-state index in [1.54, 1.807) is 0 Å². The van der Waals surface area contributed by atoms with Gasteiger partial charge in [0.15, 0.2) is 0 Å². The Morgan fingerprint density at radius 1 is 1.53 bits per heavy atom. The minimum atomic E-state index is -0.434. The average molecular weight is 343 g/mol. The molecular formula is C9H10Br2FNO2. The van der Waals surface area contributed by atoms with E-state index in [0.29, 0.717) is 11.4 Å². The Morgan fingerprint density at radius 3 is 2.60 bits per heavy atom. The van der Waals surface area contributed by atoms with Crippen molar-refractivity contribution in [3.05, 3.63) is 22.4 Å². The highest BCUT2D eigenvalue weighted by atomic mass is 79.9. The van der Waals surface area contributed by atoms with Gasteiger partial charge in [-0.3, -0.25) is 4.79 Å². The largest absolute Gasteiger partial charge is 0.494 e. The van der Waals surface area contributed by atoms with Crippen molar-refractivity contribution < 1.29 is 13.9 Å². The van der Waals surface area contributed by atoms with E-state index in [9.17, 15) is 9.18 Å². The van der Waals surface area contributed by atoms with Crippen molar-refractivity contribution >= 4 is 44.5 Å². The maximum Gasteiger partial charge on any atom is 0.221 e. The molecule has 0 aromatic heterocycles. The number of rotatable bonds is 2. The van der Waals surface area contributed by atoms with Crippen LogP contribution in [0.4, 0.5) is 10.1 Å². The van der Waals surface area contributed by atoms with Crippen LogP contribution in [-0.2, 0) is 4.79 Å². The summed E-state index contributed by atoms with van der Waals surface area (Å²) in [6.45, 7) is 1.37. The lowest BCUT2D eigenvalue weighted by molar-refractivity contribution is -0.114. The zero-order valence-electron chi connectivity index (χ0n) is 8.14. The van der Waals surface area contributed by atoms with Crippen molar-refractivity contribution in [2.75, 3.05) is 12.4 Å². The van der Waals surface area contributed by atoms with Gasteiger partial charge in [-0.15, -0.1) is 17.0 Å². The first kappa shape index (κ1) is 14.4. The van der Waals surface area contributed by atoms with Gasteiger partial charge in [0, 0.05) is 13.0 Å². The second-order valence-electron chi connectivity index (χ2n) is 2.65. The number of carbonyl (C=O) groups is 1. The van der Waals surface area contributed by atoms with E-state index in [2.05, 4.69) is 21.2 Å². The molecule has 0 bridgehead atoms. The number of amides is 1. The van der Waals surface area contributed by atoms with Gasteiger partial charge in [0.05, 0.1) is 17.3 Å². The van der Waals surface area contributed by atoms with Crippen LogP contribution < -0.4 is 10.1 Å². The number of hydrogen-bond donors (Lipinski definition) is 1. The molecule has 1 amide bonds. The standard InChI is InChI=1S/C9H9BrFNO2.BrH/c1-5(13)12-8-3-6(10)7(11)4-9(8)14-2;/h3-4H,1-2H3,(H,12,13);1H. The number of hydrogen-bond acceptors (Lipinski definition) is 2. The minimum Gasteiger partial charge on any atom is -0.494 e. The molecule has 6 heteroatoms. The third-order valence-corrected chi connectivity index (χ3v) is 2.16. The molecule has 15 heavy (non-hydrogen) atoms. The third kappa shape index (κ3) is 3.79. The molecular weight excluding hydrogens is 333 g/mol. The summed E-state index contributed by atoms with van der Waals surface area (Å²) in [6, 6.07) is 2.66. The van der Waals surface area contributed by atoms with Gasteiger partial charge in [0.25, 0.3) is 0 Å². The maximum atomic E-state index is 13.0. The zero-order chi connectivity index (χ0) is 10.7. The van der Waals surface area contributed by atoms with Crippen LogP contribution in [-0.4, -0.2) is 13.0 Å². The second kappa shape index (κ2) is 6.07. The fourth-order valence-corrected chi connectivity index (χ4v) is 1.33. The highest BCUT2D eigenvalue weighted by Crippen LogP contribution is 2.30. The SMILES string of the molecule is Br.COc1cc(F)c(Br)cc1NC(C)=O. The Morgan fingerprint density at radius 2 is 2.13 bits per heavy atom. The third-order valence-electron chi connectivity index (χ3n) is 1.55. The molecule has 1 aromatic carbocycles. The lowest BCUT2D eigenvalue weighted by atomic mass is 10.3. The van der Waals surface area contributed by atoms with Gasteiger partial charge in [0.1, 0.15) is 11.6 Å². The van der Waals surface area contributed by atoms with Crippen LogP contribution in [0.3, 0.4) is 0 Å². The molecule has 0 radical (unpaired) electrons. The van der Waals surface area contributed by atoms with Crippen molar-refractivity contribution in [1.29, 1.82) is 0 Å². The molecule has 84 valence electrons. The summed E-state index contributed by atoms with van der Waals surface area (Å²) in [5.74, 6) is -0.376. The molecule has 0 aliphatic heterocycles. The summed E-state index contributed by atoms with van der Waals surface area (Å²) in [5.41, 5.74) is 0.438. The molecule has 1 N–H and O–H groups in total. The molecule has 1 rings (SSSR count). The van der Waals surface area contributed by atoms with Crippen molar-refractivity contribution in [2.24, 2.45) is 0 Å². The fraction of sp³-hybridized carbons (Fsp3) is 0.222. The quantitative estimate of drug-likeness (QED) is 0.896. The van der Waals surface area contributed by atoms with Gasteiger partial charge in [-0.25, -0.2) is 4.39 Å². The molecule has 0 atom stereocenters. The van der Waals surface area contributed by atoms with E-state index in [1.807, 2.05) is 0 Å². The van der Waals surface area contributed by atoms with Crippen molar-refractivity contribution in [1.82, 2.24) is 0 Å². The Balaban J connectivity index is 0.00000196. The van der Waals surface area contributed by atoms with E-state index >= 15 is 0 Å². The van der Waals surface area contributed by atoms with E-state index < -0.39 is 5.82 Å². The van der Waals surface area contributed by atoms with Gasteiger partial charge in [0.2, 0.25) is 5.91 Å². The molecule has 0 saturated heterocycles. The van der Waals surface area contributed by atoms with Gasteiger partial charge < -0.3 is 10.1 Å². The normalized spacial score (nSPS) is 9.07. The van der Waals surface area contributed by atoms with Crippen LogP contribution in [0.2, 0.25) is 0 Å². The Hall–Kier alpha value is -0.620. The molecule has 3 nitrogen and oxygen atoms in total. The highest BCUT2D eigenvalue weighted by molar-refractivity contribution is 9.10. The molecule has 0 fully saturated rings. The van der Waals surface area contributed by atoms with Crippen LogP contribution >= 0.6 is 32.9 Å². The summed E-state index contributed by atoms with van der Waals surface area (Å²) < 4.78 is 18.2. The summed E-state index contributed by atoms with van der Waals surface area (Å²) in [6.07, 6.45) is 0. The molecule has 0 saturated carbocycles. The van der Waals surface area contributed by atoms with Gasteiger partial charge >= 0.3 is 0 Å². The predicted molar refractivity (Wildman–Crippen MR) is 65.3 cm³/mol. The lowest BCUT2D eigenvalue weighted by Gasteiger charge is -2.09. The number of carbonyl (C=O) groups excluding carboxylic acids is 1. The summed E-state index contributed by atoms with van der Waals surface area (Å²) in [7, 11) is 1.41. The number of anilines is 1. The fourth-order valence-electron chi connectivity index (χ4n) is 0.985. The number of nitrogens with one attached hydrogen (secondary N) is 1. The highest BCUT2D eigenvalue weighted by Gasteiger charge is 2.09. The van der Waals surface area contributed by atoms with E-state index in [4.69, 9.17) is 4.74 Å². The molecule has 0 spiro atoms. The average Bonchev–Trinajstić information content (AvgIpc) is 2.10. The second-order valence-corrected chi connectivity index (χ2v) is 3.50. The van der Waals surface area contributed by atoms with Crippen LogP contribution in [0.1, 0.15) is 6.92 Å². The Labute approximate surface area is 106 Å². The number of methoxy groups -OCH3 is 1. The van der Waals surface area contributed by atoms with Crippen molar-refractivity contribution in [3.8, 4) is 5.75 Å². The molecule has 1 aromatic rings. The molecule has 0 aliphatic carbocycles. The summed E-state index contributed by atoms with van der Waals surface area (Å²) in [5, 5.41) is 2.53. The lowest BCUT2D eigenvalue weighted by Crippen LogP contribution is -2.07. The summed E-state index contributed by atoms with van der Waals surface area (Å²) in [4.78, 5) is 10.8. The van der Waals surface area contributed by atoms with Crippen LogP contribution in [0, 0.1) is 5.82 Å². The van der Waals surface area contributed by atoms with E-state index in [1.165, 1.54) is 26.2 Å². The minimum absolute atomic E-state index is 0. The van der Waals surface area contributed by atoms with Gasteiger partial charge in [-0.05, 0) is 22.0 Å². The predicted octanol–water partition coefficient (Wildman–Crippen LogP) is 3.13. The monoisotopic (exact) mass is 341 g/mol. The van der Waals surface area contributed by atoms with Gasteiger partial charge in [-0.2, -0.15) is 0 Å². The maximum absolute atomic E-state index is 13.0. The molecule has 0 heterocycles. The molecule has 0 unspecified atom stereocenters. The molecule has 0 aliphatic rings. The van der Waals surface area contributed by atoms with Crippen LogP contribution in [0.5, 0.6) is 5.75 Å². The smallest absolute Gasteiger partial charge is 0.221 e. The number of benzene rings is 1. The van der Waals surface area contributed by atoms with Crippen molar-refractivity contribution in [2.45, 2.75) is 6.92 Å². The first-order valence-electron chi connectivity index (χ1n) is 3.85. The first-order chi connectivity index (χ1) is 6.54. The van der Waals surface area contributed by atoms with Gasteiger partial charge in [-0.1, -0.05) is 0 Å². The van der Waals surface area contributed by atoms with Crippen molar-refractivity contribution in [3.63, 3.8) is 0 Å². The Kier molecular flexibility index (Phi) is 5.82. The summed E-state index contributed by atoms with van der Waals surface area (Å²) >= 11 is 3.02. The van der Waals surface area contributed by atoms with Crippen LogP contribution in [0.25, 0.3) is 0 Å². The van der Waals surface area contributed by atoms with E-state index in [0.717, 1.165) is 0 Å². The number of halogens is 3. The number of ether oxygens (including phenoxy) is 1. The zero-order valence-corrected chi connectivity index (χ0v) is 11.4.